The molecule has 0 amide bonds. The van der Waals surface area contributed by atoms with E-state index < -0.39 is 17.7 Å². The lowest BCUT2D eigenvalue weighted by Gasteiger charge is -2.05. The molecule has 0 aliphatic heterocycles. The van der Waals surface area contributed by atoms with E-state index in [1.165, 1.54) is 0 Å². The van der Waals surface area contributed by atoms with E-state index in [1.807, 2.05) is 12.1 Å². The lowest BCUT2D eigenvalue weighted by atomic mass is 10.1. The van der Waals surface area contributed by atoms with Gasteiger partial charge in [-0.15, -0.1) is 0 Å². The van der Waals surface area contributed by atoms with Crippen LogP contribution in [0.25, 0.3) is 0 Å². The molecule has 0 saturated carbocycles. The van der Waals surface area contributed by atoms with Crippen molar-refractivity contribution < 1.29 is 17.9 Å². The highest BCUT2D eigenvalue weighted by molar-refractivity contribution is 5.28. The van der Waals surface area contributed by atoms with Crippen molar-refractivity contribution >= 4 is 0 Å². The predicted molar refractivity (Wildman–Crippen MR) is 64.5 cm³/mol. The van der Waals surface area contributed by atoms with Gasteiger partial charge >= 0.3 is 0 Å². The largest absolute Gasteiger partial charge is 0.497 e. The Labute approximate surface area is 108 Å². The highest BCUT2D eigenvalue weighted by atomic mass is 19.2. The van der Waals surface area contributed by atoms with Crippen LogP contribution in [0.3, 0.4) is 0 Å². The zero-order chi connectivity index (χ0) is 13.8. The second kappa shape index (κ2) is 5.73. The number of aromatic nitrogens is 1. The highest BCUT2D eigenvalue weighted by Gasteiger charge is 2.11. The number of halogens is 3. The fourth-order valence-corrected chi connectivity index (χ4v) is 1.73. The van der Waals surface area contributed by atoms with E-state index in [9.17, 15) is 13.2 Å². The van der Waals surface area contributed by atoms with Gasteiger partial charge in [-0.2, -0.15) is 13.8 Å². The van der Waals surface area contributed by atoms with E-state index >= 15 is 0 Å². The van der Waals surface area contributed by atoms with Crippen molar-refractivity contribution in [3.8, 4) is 5.75 Å². The van der Waals surface area contributed by atoms with Gasteiger partial charge in [0.2, 0.25) is 5.95 Å². The van der Waals surface area contributed by atoms with Gasteiger partial charge in [0.05, 0.1) is 7.11 Å². The first-order valence-corrected chi connectivity index (χ1v) is 5.73. The molecule has 2 aromatic rings. The second-order valence-corrected chi connectivity index (χ2v) is 4.06. The molecule has 100 valence electrons. The molecule has 1 heterocycles. The zero-order valence-corrected chi connectivity index (χ0v) is 10.3. The van der Waals surface area contributed by atoms with E-state index in [-0.39, 0.29) is 12.0 Å². The monoisotopic (exact) mass is 267 g/mol. The fourth-order valence-electron chi connectivity index (χ4n) is 1.73. The maximum Gasteiger partial charge on any atom is 0.251 e. The second-order valence-electron chi connectivity index (χ2n) is 4.06. The van der Waals surface area contributed by atoms with Crippen molar-refractivity contribution in [2.24, 2.45) is 0 Å². The van der Waals surface area contributed by atoms with E-state index in [4.69, 9.17) is 4.74 Å². The smallest absolute Gasteiger partial charge is 0.251 e. The highest BCUT2D eigenvalue weighted by Crippen LogP contribution is 2.15. The molecule has 0 spiro atoms. The molecule has 1 aromatic heterocycles. The van der Waals surface area contributed by atoms with Crippen LogP contribution in [-0.2, 0) is 12.8 Å². The average molecular weight is 267 g/mol. The number of nitrogens with zero attached hydrogens (tertiary/aromatic N) is 1. The maximum absolute atomic E-state index is 13.3. The van der Waals surface area contributed by atoms with Crippen LogP contribution in [-0.4, -0.2) is 12.1 Å². The topological polar surface area (TPSA) is 22.1 Å². The molecule has 2 nitrogen and oxygen atoms in total. The van der Waals surface area contributed by atoms with E-state index in [1.54, 1.807) is 19.2 Å². The Morgan fingerprint density at radius 2 is 1.68 bits per heavy atom. The van der Waals surface area contributed by atoms with Crippen molar-refractivity contribution in [1.29, 1.82) is 0 Å². The SMILES string of the molecule is COc1ccc(CCc2cc(F)c(F)nc2F)cc1. The molecule has 19 heavy (non-hydrogen) atoms. The molecule has 0 atom stereocenters. The minimum absolute atomic E-state index is 0.0646. The van der Waals surface area contributed by atoms with Crippen LogP contribution in [0.1, 0.15) is 11.1 Å². The fraction of sp³-hybridized carbons (Fsp3) is 0.214. The van der Waals surface area contributed by atoms with E-state index in [0.717, 1.165) is 17.4 Å². The van der Waals surface area contributed by atoms with Gasteiger partial charge in [-0.25, -0.2) is 4.39 Å². The third-order valence-electron chi connectivity index (χ3n) is 2.80. The van der Waals surface area contributed by atoms with Crippen molar-refractivity contribution in [2.75, 3.05) is 7.11 Å². The maximum atomic E-state index is 13.3. The predicted octanol–water partition coefficient (Wildman–Crippen LogP) is 3.29. The van der Waals surface area contributed by atoms with Gasteiger partial charge < -0.3 is 4.74 Å². The average Bonchev–Trinajstić information content (AvgIpc) is 2.42. The molecule has 2 rings (SSSR count). The van der Waals surface area contributed by atoms with Gasteiger partial charge in [0.1, 0.15) is 5.75 Å². The Hall–Kier alpha value is -2.04. The van der Waals surface area contributed by atoms with Crippen molar-refractivity contribution in [2.45, 2.75) is 12.8 Å². The Kier molecular flexibility index (Phi) is 4.04. The molecule has 0 saturated heterocycles. The number of methoxy groups -OCH3 is 1. The summed E-state index contributed by atoms with van der Waals surface area (Å²) in [5.74, 6) is -2.78. The summed E-state index contributed by atoms with van der Waals surface area (Å²) in [7, 11) is 1.57. The first-order chi connectivity index (χ1) is 9.10. The lowest BCUT2D eigenvalue weighted by Crippen LogP contribution is -2.02. The summed E-state index contributed by atoms with van der Waals surface area (Å²) in [5, 5.41) is 0. The van der Waals surface area contributed by atoms with Crippen LogP contribution in [0.5, 0.6) is 5.75 Å². The summed E-state index contributed by atoms with van der Waals surface area (Å²) < 4.78 is 44.0. The number of rotatable bonds is 4. The number of benzene rings is 1. The van der Waals surface area contributed by atoms with Crippen molar-refractivity contribution in [3.63, 3.8) is 0 Å². The van der Waals surface area contributed by atoms with Crippen molar-refractivity contribution in [3.05, 3.63) is 59.2 Å². The van der Waals surface area contributed by atoms with Crippen LogP contribution < -0.4 is 4.74 Å². The number of ether oxygens (including phenoxy) is 1. The number of hydrogen-bond acceptors (Lipinski definition) is 2. The zero-order valence-electron chi connectivity index (χ0n) is 10.3. The number of pyridine rings is 1. The summed E-state index contributed by atoms with van der Waals surface area (Å²) in [6, 6.07) is 8.10. The molecular weight excluding hydrogens is 255 g/mol. The third kappa shape index (κ3) is 3.24. The standard InChI is InChI=1S/C14H12F3NO/c1-19-11-6-3-9(4-7-11)2-5-10-8-12(15)14(17)18-13(10)16/h3-4,6-8H,2,5H2,1H3. The Balaban J connectivity index is 2.07. The first kappa shape index (κ1) is 13.4. The van der Waals surface area contributed by atoms with Crippen molar-refractivity contribution in [1.82, 2.24) is 4.98 Å². The molecular formula is C14H12F3NO. The summed E-state index contributed by atoms with van der Waals surface area (Å²) in [6.07, 6.45) is 0.760. The molecule has 0 fully saturated rings. The molecule has 1 aromatic carbocycles. The Morgan fingerprint density at radius 3 is 2.32 bits per heavy atom. The summed E-state index contributed by atoms with van der Waals surface area (Å²) >= 11 is 0. The quantitative estimate of drug-likeness (QED) is 0.793. The van der Waals surface area contributed by atoms with Gasteiger partial charge in [-0.05, 0) is 36.6 Å². The Bertz CT molecular complexity index is 570. The van der Waals surface area contributed by atoms with E-state index in [2.05, 4.69) is 4.98 Å². The van der Waals surface area contributed by atoms with Gasteiger partial charge in [0, 0.05) is 5.56 Å². The molecule has 0 aliphatic rings. The van der Waals surface area contributed by atoms with Gasteiger partial charge in [0.25, 0.3) is 5.95 Å². The third-order valence-corrected chi connectivity index (χ3v) is 2.80. The van der Waals surface area contributed by atoms with Gasteiger partial charge in [-0.3, -0.25) is 0 Å². The van der Waals surface area contributed by atoms with Gasteiger partial charge in [0.15, 0.2) is 5.82 Å². The molecule has 0 N–H and O–H groups in total. The number of hydrogen-bond donors (Lipinski definition) is 0. The first-order valence-electron chi connectivity index (χ1n) is 5.73. The summed E-state index contributed by atoms with van der Waals surface area (Å²) in [4.78, 5) is 2.88. The molecule has 0 aliphatic carbocycles. The minimum Gasteiger partial charge on any atom is -0.497 e. The van der Waals surface area contributed by atoms with E-state index in [0.29, 0.717) is 6.42 Å². The van der Waals surface area contributed by atoms with Gasteiger partial charge in [-0.1, -0.05) is 12.1 Å². The van der Waals surface area contributed by atoms with Crippen LogP contribution >= 0.6 is 0 Å². The summed E-state index contributed by atoms with van der Waals surface area (Å²) in [6.45, 7) is 0. The van der Waals surface area contributed by atoms with Crippen LogP contribution in [0.15, 0.2) is 30.3 Å². The van der Waals surface area contributed by atoms with Crippen LogP contribution in [0.2, 0.25) is 0 Å². The molecule has 0 radical (unpaired) electrons. The lowest BCUT2D eigenvalue weighted by molar-refractivity contribution is 0.414. The van der Waals surface area contributed by atoms with Crippen LogP contribution in [0.4, 0.5) is 13.2 Å². The molecule has 5 heteroatoms. The van der Waals surface area contributed by atoms with Crippen LogP contribution in [0, 0.1) is 17.7 Å². The number of aryl methyl sites for hydroxylation is 2. The molecule has 0 bridgehead atoms. The summed E-state index contributed by atoms with van der Waals surface area (Å²) in [5.41, 5.74) is 1.01. The minimum atomic E-state index is -1.41. The molecule has 0 unspecified atom stereocenters. The Morgan fingerprint density at radius 1 is 1.00 bits per heavy atom. The normalized spacial score (nSPS) is 10.5.